The first-order valence-corrected chi connectivity index (χ1v) is 11.3. The normalized spacial score (nSPS) is 34.4. The van der Waals surface area contributed by atoms with Crippen molar-refractivity contribution in [3.63, 3.8) is 0 Å². The first-order valence-electron chi connectivity index (χ1n) is 11.3. The summed E-state index contributed by atoms with van der Waals surface area (Å²) in [6.07, 6.45) is 6.78. The first-order chi connectivity index (χ1) is 14.2. The van der Waals surface area contributed by atoms with Crippen molar-refractivity contribution in [2.75, 3.05) is 19.6 Å². The molecule has 2 saturated carbocycles. The Morgan fingerprint density at radius 2 is 1.43 bits per heavy atom. The number of nitrogens with two attached hydrogens (primary N) is 2. The van der Waals surface area contributed by atoms with Gasteiger partial charge in [-0.1, -0.05) is 19.8 Å². The molecule has 3 rings (SSSR count). The van der Waals surface area contributed by atoms with Gasteiger partial charge in [-0.05, 0) is 44.9 Å². The van der Waals surface area contributed by atoms with E-state index >= 15 is 0 Å². The molecule has 0 aromatic heterocycles. The van der Waals surface area contributed by atoms with Crippen LogP contribution in [0.4, 0.5) is 0 Å². The second-order valence-electron chi connectivity index (χ2n) is 9.96. The molecule has 1 aliphatic heterocycles. The summed E-state index contributed by atoms with van der Waals surface area (Å²) in [6.45, 7) is 3.90. The molecule has 0 spiro atoms. The minimum atomic E-state index is -0.314. The van der Waals surface area contributed by atoms with Gasteiger partial charge in [-0.3, -0.25) is 19.2 Å². The lowest BCUT2D eigenvalue weighted by atomic mass is 9.80. The Morgan fingerprint density at radius 1 is 0.900 bits per heavy atom. The van der Waals surface area contributed by atoms with Crippen molar-refractivity contribution in [2.45, 2.75) is 64.7 Å². The van der Waals surface area contributed by atoms with E-state index in [9.17, 15) is 19.2 Å². The molecule has 3 aliphatic rings. The maximum atomic E-state index is 13.0. The Hall–Kier alpha value is -2.12. The van der Waals surface area contributed by atoms with Crippen molar-refractivity contribution in [1.29, 1.82) is 0 Å². The van der Waals surface area contributed by atoms with E-state index in [0.717, 1.165) is 44.9 Å². The Kier molecular flexibility index (Phi) is 7.03. The molecule has 0 bridgehead atoms. The van der Waals surface area contributed by atoms with Crippen LogP contribution in [-0.4, -0.2) is 48.2 Å². The van der Waals surface area contributed by atoms with Crippen LogP contribution in [-0.2, 0) is 19.2 Å². The van der Waals surface area contributed by atoms with Gasteiger partial charge in [0.05, 0.1) is 0 Å². The summed E-state index contributed by atoms with van der Waals surface area (Å²) in [5.41, 5.74) is 10.7. The average Bonchev–Trinajstić information content (AvgIpc) is 3.14. The van der Waals surface area contributed by atoms with Gasteiger partial charge >= 0.3 is 0 Å². The van der Waals surface area contributed by atoms with Gasteiger partial charge in [0.1, 0.15) is 0 Å². The highest BCUT2D eigenvalue weighted by Gasteiger charge is 2.40. The lowest BCUT2D eigenvalue weighted by molar-refractivity contribution is -0.137. The number of nitrogens with zero attached hydrogens (tertiary/aromatic N) is 1. The smallest absolute Gasteiger partial charge is 0.225 e. The number of likely N-dealkylation sites (tertiary alicyclic amines) is 1. The number of hydrogen-bond donors (Lipinski definition) is 3. The number of carbonyl (C=O) groups is 4. The Balaban J connectivity index is 1.48. The minimum absolute atomic E-state index is 0.0106. The molecule has 8 heteroatoms. The van der Waals surface area contributed by atoms with Crippen molar-refractivity contribution in [1.82, 2.24) is 10.2 Å². The number of primary amides is 2. The lowest BCUT2D eigenvalue weighted by Gasteiger charge is -2.31. The highest BCUT2D eigenvalue weighted by Crippen LogP contribution is 2.35. The highest BCUT2D eigenvalue weighted by molar-refractivity contribution is 5.82. The molecule has 3 fully saturated rings. The quantitative estimate of drug-likeness (QED) is 0.589. The number of carbonyl (C=O) groups excluding carboxylic acids is 4. The maximum absolute atomic E-state index is 13.0. The zero-order valence-corrected chi connectivity index (χ0v) is 18.0. The van der Waals surface area contributed by atoms with E-state index in [4.69, 9.17) is 11.5 Å². The fourth-order valence-electron chi connectivity index (χ4n) is 5.42. The second kappa shape index (κ2) is 9.35. The van der Waals surface area contributed by atoms with Gasteiger partial charge in [0.2, 0.25) is 23.6 Å². The third kappa shape index (κ3) is 5.32. The Bertz CT molecular complexity index is 697. The maximum Gasteiger partial charge on any atom is 0.225 e. The fourth-order valence-corrected chi connectivity index (χ4v) is 5.42. The van der Waals surface area contributed by atoms with Crippen molar-refractivity contribution < 1.29 is 19.2 Å². The molecule has 1 saturated heterocycles. The van der Waals surface area contributed by atoms with Gasteiger partial charge in [0.15, 0.2) is 0 Å². The molecule has 30 heavy (non-hydrogen) atoms. The molecule has 5 unspecified atom stereocenters. The number of rotatable bonds is 6. The topological polar surface area (TPSA) is 136 Å². The van der Waals surface area contributed by atoms with Crippen LogP contribution in [0.25, 0.3) is 0 Å². The molecule has 5 N–H and O–H groups in total. The monoisotopic (exact) mass is 420 g/mol. The molecule has 1 heterocycles. The third-order valence-corrected chi connectivity index (χ3v) is 7.43. The van der Waals surface area contributed by atoms with E-state index in [1.54, 1.807) is 0 Å². The number of amides is 4. The third-order valence-electron chi connectivity index (χ3n) is 7.43. The molecule has 5 atom stereocenters. The molecule has 168 valence electrons. The van der Waals surface area contributed by atoms with Crippen LogP contribution >= 0.6 is 0 Å². The molecular weight excluding hydrogens is 384 g/mol. The summed E-state index contributed by atoms with van der Waals surface area (Å²) in [7, 11) is 0. The molecular formula is C22H36N4O4. The SMILES string of the molecule is CC1(CNC(=O)C2CCCC(C(N)=O)C2)CCN(C(=O)C2CCCC(C(N)=O)C2)C1. The summed E-state index contributed by atoms with van der Waals surface area (Å²) in [5, 5.41) is 3.07. The van der Waals surface area contributed by atoms with Crippen LogP contribution in [0.5, 0.6) is 0 Å². The van der Waals surface area contributed by atoms with E-state index in [0.29, 0.717) is 32.5 Å². The number of hydrogen-bond acceptors (Lipinski definition) is 4. The van der Waals surface area contributed by atoms with Gasteiger partial charge in [0, 0.05) is 48.7 Å². The summed E-state index contributed by atoms with van der Waals surface area (Å²) in [4.78, 5) is 50.5. The lowest BCUT2D eigenvalue weighted by Crippen LogP contribution is -2.44. The Morgan fingerprint density at radius 3 is 2.03 bits per heavy atom. The van der Waals surface area contributed by atoms with Crippen LogP contribution in [0.2, 0.25) is 0 Å². The summed E-state index contributed by atoms with van der Waals surface area (Å²) < 4.78 is 0. The Labute approximate surface area is 178 Å². The standard InChI is InChI=1S/C22H36N4O4/c1-22(12-25-20(29)16-6-2-4-14(10-16)18(23)27)8-9-26(13-22)21(30)17-7-3-5-15(11-17)19(24)28/h14-17H,2-13H2,1H3,(H2,23,27)(H2,24,28)(H,25,29). The molecule has 0 aromatic carbocycles. The average molecular weight is 421 g/mol. The van der Waals surface area contributed by atoms with Gasteiger partial charge < -0.3 is 21.7 Å². The second-order valence-corrected chi connectivity index (χ2v) is 9.96. The zero-order valence-electron chi connectivity index (χ0n) is 18.0. The largest absolute Gasteiger partial charge is 0.369 e. The van der Waals surface area contributed by atoms with Crippen LogP contribution in [0.15, 0.2) is 0 Å². The molecule has 8 nitrogen and oxygen atoms in total. The summed E-state index contributed by atoms with van der Waals surface area (Å²) in [5.74, 6) is -1.19. The van der Waals surface area contributed by atoms with Crippen LogP contribution in [0, 0.1) is 29.1 Å². The van der Waals surface area contributed by atoms with Crippen molar-refractivity contribution in [3.8, 4) is 0 Å². The number of nitrogens with one attached hydrogen (secondary N) is 1. The predicted octanol–water partition coefficient (Wildman–Crippen LogP) is 0.925. The van der Waals surface area contributed by atoms with Gasteiger partial charge in [0.25, 0.3) is 0 Å². The van der Waals surface area contributed by atoms with E-state index in [-0.39, 0.29) is 52.7 Å². The zero-order chi connectivity index (χ0) is 21.9. The molecule has 0 radical (unpaired) electrons. The summed E-state index contributed by atoms with van der Waals surface area (Å²) >= 11 is 0. The molecule has 0 aromatic rings. The summed E-state index contributed by atoms with van der Waals surface area (Å²) in [6, 6.07) is 0. The fraction of sp³-hybridized carbons (Fsp3) is 0.818. The van der Waals surface area contributed by atoms with Crippen LogP contribution in [0.1, 0.15) is 64.7 Å². The van der Waals surface area contributed by atoms with Gasteiger partial charge in [-0.25, -0.2) is 0 Å². The van der Waals surface area contributed by atoms with Crippen LogP contribution in [0.3, 0.4) is 0 Å². The highest BCUT2D eigenvalue weighted by atomic mass is 16.2. The van der Waals surface area contributed by atoms with Crippen molar-refractivity contribution in [3.05, 3.63) is 0 Å². The minimum Gasteiger partial charge on any atom is -0.369 e. The van der Waals surface area contributed by atoms with E-state index in [2.05, 4.69) is 12.2 Å². The van der Waals surface area contributed by atoms with Gasteiger partial charge in [-0.2, -0.15) is 0 Å². The van der Waals surface area contributed by atoms with E-state index < -0.39 is 0 Å². The molecule has 2 aliphatic carbocycles. The van der Waals surface area contributed by atoms with Gasteiger partial charge in [-0.15, -0.1) is 0 Å². The predicted molar refractivity (Wildman–Crippen MR) is 112 cm³/mol. The van der Waals surface area contributed by atoms with E-state index in [1.807, 2.05) is 4.90 Å². The van der Waals surface area contributed by atoms with Crippen molar-refractivity contribution >= 4 is 23.6 Å². The van der Waals surface area contributed by atoms with Crippen molar-refractivity contribution in [2.24, 2.45) is 40.6 Å². The first kappa shape index (κ1) is 22.6. The van der Waals surface area contributed by atoms with E-state index in [1.165, 1.54) is 0 Å². The molecule has 4 amide bonds. The van der Waals surface area contributed by atoms with Crippen LogP contribution < -0.4 is 16.8 Å².